The maximum atomic E-state index is 13.4. The van der Waals surface area contributed by atoms with Gasteiger partial charge in [-0.1, -0.05) is 18.2 Å². The molecular weight excluding hydrogens is 325 g/mol. The Balaban J connectivity index is 1.83. The number of benzene rings is 2. The second-order valence-electron chi connectivity index (χ2n) is 6.04. The van der Waals surface area contributed by atoms with Gasteiger partial charge in [0, 0.05) is 5.56 Å². The molecule has 2 N–H and O–H groups in total. The standard InChI is InChI=1S/C19H18FNO4/c1-11-8-13(4-5-16(11)20)17(19(23)24)21-18(22)14-2-3-15-10-25-7-6-12(15)9-14/h2-5,8-9,17H,6-7,10H2,1H3,(H,21,22)(H,23,24). The molecular formula is C19H18FNO4. The number of hydrogen-bond acceptors (Lipinski definition) is 3. The first-order valence-corrected chi connectivity index (χ1v) is 7.95. The highest BCUT2D eigenvalue weighted by molar-refractivity contribution is 5.97. The number of fused-ring (bicyclic) bond motifs is 1. The third-order valence-corrected chi connectivity index (χ3v) is 4.28. The number of carboxylic acids is 1. The van der Waals surface area contributed by atoms with E-state index in [9.17, 15) is 19.1 Å². The molecule has 0 spiro atoms. The quantitative estimate of drug-likeness (QED) is 0.895. The number of amides is 1. The van der Waals surface area contributed by atoms with Crippen molar-refractivity contribution < 1.29 is 23.8 Å². The fourth-order valence-electron chi connectivity index (χ4n) is 2.85. The zero-order valence-electron chi connectivity index (χ0n) is 13.7. The van der Waals surface area contributed by atoms with Crippen LogP contribution in [0.5, 0.6) is 0 Å². The van der Waals surface area contributed by atoms with Crippen molar-refractivity contribution in [3.63, 3.8) is 0 Å². The fraction of sp³-hybridized carbons (Fsp3) is 0.263. The van der Waals surface area contributed by atoms with Crippen molar-refractivity contribution in [3.05, 3.63) is 70.0 Å². The summed E-state index contributed by atoms with van der Waals surface area (Å²) in [6.45, 7) is 2.67. The molecule has 1 unspecified atom stereocenters. The number of nitrogens with one attached hydrogen (secondary N) is 1. The lowest BCUT2D eigenvalue weighted by molar-refractivity contribution is -0.139. The summed E-state index contributed by atoms with van der Waals surface area (Å²) in [7, 11) is 0. The summed E-state index contributed by atoms with van der Waals surface area (Å²) in [4.78, 5) is 24.1. The molecule has 0 aromatic heterocycles. The summed E-state index contributed by atoms with van der Waals surface area (Å²) in [5.74, 6) is -2.11. The van der Waals surface area contributed by atoms with Crippen LogP contribution >= 0.6 is 0 Å². The predicted molar refractivity (Wildman–Crippen MR) is 88.8 cm³/mol. The summed E-state index contributed by atoms with van der Waals surface area (Å²) >= 11 is 0. The molecule has 130 valence electrons. The Bertz CT molecular complexity index is 834. The third kappa shape index (κ3) is 3.69. The molecule has 1 amide bonds. The largest absolute Gasteiger partial charge is 0.479 e. The average molecular weight is 343 g/mol. The van der Waals surface area contributed by atoms with E-state index < -0.39 is 23.7 Å². The number of carbonyl (C=O) groups is 2. The minimum Gasteiger partial charge on any atom is -0.479 e. The zero-order valence-corrected chi connectivity index (χ0v) is 13.7. The molecule has 1 aliphatic heterocycles. The first-order chi connectivity index (χ1) is 12.0. The molecule has 5 nitrogen and oxygen atoms in total. The summed E-state index contributed by atoms with van der Waals surface area (Å²) in [6.07, 6.45) is 0.718. The molecule has 0 bridgehead atoms. The number of ether oxygens (including phenoxy) is 1. The van der Waals surface area contributed by atoms with E-state index in [1.54, 1.807) is 19.1 Å². The van der Waals surface area contributed by atoms with E-state index in [4.69, 9.17) is 4.74 Å². The highest BCUT2D eigenvalue weighted by Gasteiger charge is 2.24. The molecule has 0 aliphatic carbocycles. The van der Waals surface area contributed by atoms with E-state index >= 15 is 0 Å². The Morgan fingerprint density at radius 3 is 2.72 bits per heavy atom. The topological polar surface area (TPSA) is 75.6 Å². The van der Waals surface area contributed by atoms with E-state index in [1.807, 2.05) is 6.07 Å². The van der Waals surface area contributed by atoms with Crippen LogP contribution in [-0.4, -0.2) is 23.6 Å². The van der Waals surface area contributed by atoms with Gasteiger partial charge in [-0.3, -0.25) is 4.79 Å². The van der Waals surface area contributed by atoms with Crippen molar-refractivity contribution in [3.8, 4) is 0 Å². The van der Waals surface area contributed by atoms with Crippen LogP contribution in [0, 0.1) is 12.7 Å². The Morgan fingerprint density at radius 1 is 1.20 bits per heavy atom. The summed E-state index contributed by atoms with van der Waals surface area (Å²) in [5, 5.41) is 12.0. The third-order valence-electron chi connectivity index (χ3n) is 4.28. The molecule has 25 heavy (non-hydrogen) atoms. The molecule has 2 aromatic rings. The van der Waals surface area contributed by atoms with Crippen molar-refractivity contribution in [1.29, 1.82) is 0 Å². The SMILES string of the molecule is Cc1cc(C(NC(=O)c2ccc3c(c2)CCOC3)C(=O)O)ccc1F. The lowest BCUT2D eigenvalue weighted by Gasteiger charge is -2.19. The van der Waals surface area contributed by atoms with Crippen molar-refractivity contribution in [2.45, 2.75) is 26.0 Å². The van der Waals surface area contributed by atoms with Gasteiger partial charge >= 0.3 is 5.97 Å². The smallest absolute Gasteiger partial charge is 0.330 e. The first kappa shape index (κ1) is 17.1. The molecule has 6 heteroatoms. The Kier molecular flexibility index (Phi) is 4.81. The Hall–Kier alpha value is -2.73. The summed E-state index contributed by atoms with van der Waals surface area (Å²) in [6, 6.07) is 7.99. The maximum absolute atomic E-state index is 13.4. The van der Waals surface area contributed by atoms with Gasteiger partial charge in [0.15, 0.2) is 6.04 Å². The predicted octanol–water partition coefficient (Wildman–Crippen LogP) is 2.76. The van der Waals surface area contributed by atoms with Gasteiger partial charge in [-0.05, 0) is 53.8 Å². The van der Waals surface area contributed by atoms with Crippen LogP contribution in [0.4, 0.5) is 4.39 Å². The molecule has 0 saturated heterocycles. The summed E-state index contributed by atoms with van der Waals surface area (Å²) in [5.41, 5.74) is 3.11. The minimum absolute atomic E-state index is 0.325. The van der Waals surface area contributed by atoms with E-state index in [0.717, 1.165) is 17.5 Å². The van der Waals surface area contributed by atoms with Crippen LogP contribution in [0.15, 0.2) is 36.4 Å². The van der Waals surface area contributed by atoms with Crippen LogP contribution in [0.1, 0.15) is 38.7 Å². The van der Waals surface area contributed by atoms with Crippen LogP contribution in [-0.2, 0) is 22.6 Å². The Morgan fingerprint density at radius 2 is 2.00 bits per heavy atom. The van der Waals surface area contributed by atoms with Crippen LogP contribution in [0.25, 0.3) is 0 Å². The second-order valence-corrected chi connectivity index (χ2v) is 6.04. The second kappa shape index (κ2) is 7.03. The van der Waals surface area contributed by atoms with Crippen molar-refractivity contribution >= 4 is 11.9 Å². The molecule has 1 heterocycles. The summed E-state index contributed by atoms with van der Waals surface area (Å²) < 4.78 is 18.8. The van der Waals surface area contributed by atoms with E-state index in [-0.39, 0.29) is 0 Å². The van der Waals surface area contributed by atoms with Crippen molar-refractivity contribution in [1.82, 2.24) is 5.32 Å². The van der Waals surface area contributed by atoms with Gasteiger partial charge in [-0.15, -0.1) is 0 Å². The highest BCUT2D eigenvalue weighted by Crippen LogP contribution is 2.21. The zero-order chi connectivity index (χ0) is 18.0. The maximum Gasteiger partial charge on any atom is 0.330 e. The monoisotopic (exact) mass is 343 g/mol. The van der Waals surface area contributed by atoms with Gasteiger partial charge in [0.1, 0.15) is 5.82 Å². The molecule has 0 saturated carbocycles. The van der Waals surface area contributed by atoms with Crippen LogP contribution < -0.4 is 5.32 Å². The molecule has 0 fully saturated rings. The molecule has 1 aliphatic rings. The Labute approximate surface area is 144 Å². The number of carbonyl (C=O) groups excluding carboxylic acids is 1. The minimum atomic E-state index is -1.24. The van der Waals surface area contributed by atoms with Crippen molar-refractivity contribution in [2.24, 2.45) is 0 Å². The molecule has 3 rings (SSSR count). The molecule has 0 radical (unpaired) electrons. The van der Waals surface area contributed by atoms with Crippen molar-refractivity contribution in [2.75, 3.05) is 6.61 Å². The van der Waals surface area contributed by atoms with Gasteiger partial charge in [0.25, 0.3) is 5.91 Å². The van der Waals surface area contributed by atoms with E-state index in [1.165, 1.54) is 18.2 Å². The van der Waals surface area contributed by atoms with Gasteiger partial charge in [-0.2, -0.15) is 0 Å². The molecule has 2 aromatic carbocycles. The van der Waals surface area contributed by atoms with E-state index in [0.29, 0.717) is 29.9 Å². The number of rotatable bonds is 4. The number of aliphatic carboxylic acids is 1. The number of hydrogen-bond donors (Lipinski definition) is 2. The van der Waals surface area contributed by atoms with Crippen LogP contribution in [0.2, 0.25) is 0 Å². The lowest BCUT2D eigenvalue weighted by atomic mass is 9.99. The highest BCUT2D eigenvalue weighted by atomic mass is 19.1. The van der Waals surface area contributed by atoms with Gasteiger partial charge in [0.2, 0.25) is 0 Å². The number of carboxylic acid groups (broad SMARTS) is 1. The van der Waals surface area contributed by atoms with Gasteiger partial charge < -0.3 is 15.2 Å². The number of aryl methyl sites for hydroxylation is 1. The first-order valence-electron chi connectivity index (χ1n) is 7.95. The van der Waals surface area contributed by atoms with Gasteiger partial charge in [-0.25, -0.2) is 9.18 Å². The van der Waals surface area contributed by atoms with E-state index in [2.05, 4.69) is 5.32 Å². The number of halogens is 1. The van der Waals surface area contributed by atoms with Gasteiger partial charge in [0.05, 0.1) is 13.2 Å². The molecule has 1 atom stereocenters. The fourth-order valence-corrected chi connectivity index (χ4v) is 2.85. The van der Waals surface area contributed by atoms with Crippen LogP contribution in [0.3, 0.4) is 0 Å². The lowest BCUT2D eigenvalue weighted by Crippen LogP contribution is -2.34. The normalized spacial score (nSPS) is 14.5. The average Bonchev–Trinajstić information content (AvgIpc) is 2.61.